The Morgan fingerprint density at radius 1 is 1.10 bits per heavy atom. The van der Waals surface area contributed by atoms with Gasteiger partial charge in [-0.1, -0.05) is 41.9 Å². The summed E-state index contributed by atoms with van der Waals surface area (Å²) in [4.78, 5) is 32.1. The van der Waals surface area contributed by atoms with Crippen molar-refractivity contribution in [2.24, 2.45) is 0 Å². The molecule has 0 spiro atoms. The molecule has 0 aliphatic carbocycles. The first-order valence-electron chi connectivity index (χ1n) is 12.3. The largest absolute Gasteiger partial charge is 0.444 e. The Balaban J connectivity index is 1.44. The number of nitrogens with one attached hydrogen (secondary N) is 2. The highest BCUT2D eigenvalue weighted by Gasteiger charge is 2.49. The third-order valence-corrected chi connectivity index (χ3v) is 11.1. The molecule has 0 radical (unpaired) electrons. The lowest BCUT2D eigenvalue weighted by Gasteiger charge is -2.30. The van der Waals surface area contributed by atoms with Gasteiger partial charge in [0.2, 0.25) is 5.91 Å². The maximum atomic E-state index is 13.8. The monoisotopic (exact) mass is 600 g/mol. The molecule has 40 heavy (non-hydrogen) atoms. The van der Waals surface area contributed by atoms with Crippen LogP contribution in [0.25, 0.3) is 21.8 Å². The van der Waals surface area contributed by atoms with E-state index < -0.39 is 32.9 Å². The Hall–Kier alpha value is -3.71. The lowest BCUT2D eigenvalue weighted by atomic mass is 9.97. The van der Waals surface area contributed by atoms with Crippen LogP contribution in [0.2, 0.25) is 5.02 Å². The molecule has 5 rings (SSSR count). The third kappa shape index (κ3) is 5.61. The zero-order valence-electron chi connectivity index (χ0n) is 21.0. The van der Waals surface area contributed by atoms with Crippen molar-refractivity contribution in [2.45, 2.75) is 17.6 Å². The second kappa shape index (κ2) is 11.4. The topological polar surface area (TPSA) is 142 Å². The molecule has 208 valence electrons. The predicted octanol–water partition coefficient (Wildman–Crippen LogP) is 5.17. The average Bonchev–Trinajstić information content (AvgIpc) is 3.63. The number of oxazole rings is 1. The molecule has 2 aromatic carbocycles. The second-order valence-electron chi connectivity index (χ2n) is 9.31. The molecule has 1 saturated heterocycles. The summed E-state index contributed by atoms with van der Waals surface area (Å²) >= 11 is 7.28. The van der Waals surface area contributed by atoms with Crippen LogP contribution in [0.5, 0.6) is 0 Å². The SMILES string of the molecule is O=C(CC1(c2ccc(-c3ccc(-c4cnco4)cc3)s2)CCN(C(=O)Nc2cccc(Cl)c2)CCS1(=O)=O)NO. The minimum Gasteiger partial charge on any atom is -0.444 e. The Labute approximate surface area is 239 Å². The number of hydrogen-bond donors (Lipinski definition) is 3. The van der Waals surface area contributed by atoms with E-state index in [0.29, 0.717) is 21.3 Å². The first kappa shape index (κ1) is 27.8. The number of hydrogen-bond acceptors (Lipinski definition) is 8. The number of anilines is 1. The quantitative estimate of drug-likeness (QED) is 0.205. The Kier molecular flexibility index (Phi) is 7.95. The van der Waals surface area contributed by atoms with Crippen LogP contribution < -0.4 is 10.8 Å². The lowest BCUT2D eigenvalue weighted by molar-refractivity contribution is -0.129. The number of amides is 3. The highest BCUT2D eigenvalue weighted by atomic mass is 35.5. The fourth-order valence-electron chi connectivity index (χ4n) is 4.74. The van der Waals surface area contributed by atoms with Gasteiger partial charge in [-0.15, -0.1) is 11.3 Å². The predicted molar refractivity (Wildman–Crippen MR) is 152 cm³/mol. The van der Waals surface area contributed by atoms with Gasteiger partial charge in [-0.2, -0.15) is 0 Å². The van der Waals surface area contributed by atoms with Crippen LogP contribution in [0.15, 0.2) is 77.7 Å². The van der Waals surface area contributed by atoms with Crippen molar-refractivity contribution >= 4 is 50.4 Å². The normalized spacial score (nSPS) is 18.6. The molecule has 2 aromatic heterocycles. The number of urea groups is 1. The molecule has 1 aliphatic rings. The van der Waals surface area contributed by atoms with Gasteiger partial charge < -0.3 is 14.6 Å². The van der Waals surface area contributed by atoms with Crippen molar-refractivity contribution in [3.63, 3.8) is 0 Å². The summed E-state index contributed by atoms with van der Waals surface area (Å²) in [5, 5.41) is 12.5. The van der Waals surface area contributed by atoms with Gasteiger partial charge >= 0.3 is 6.03 Å². The number of carbonyl (C=O) groups is 2. The van der Waals surface area contributed by atoms with E-state index in [1.54, 1.807) is 42.0 Å². The van der Waals surface area contributed by atoms with Gasteiger partial charge in [-0.05, 0) is 42.3 Å². The van der Waals surface area contributed by atoms with Crippen LogP contribution in [0.3, 0.4) is 0 Å². The van der Waals surface area contributed by atoms with Gasteiger partial charge in [0, 0.05) is 39.1 Å². The van der Waals surface area contributed by atoms with Crippen LogP contribution in [-0.4, -0.2) is 54.3 Å². The van der Waals surface area contributed by atoms with E-state index in [0.717, 1.165) is 16.0 Å². The smallest absolute Gasteiger partial charge is 0.321 e. The first-order chi connectivity index (χ1) is 19.2. The second-order valence-corrected chi connectivity index (χ2v) is 13.2. The molecule has 13 heteroatoms. The molecular weight excluding hydrogens is 576 g/mol. The molecule has 0 saturated carbocycles. The Morgan fingerprint density at radius 3 is 2.58 bits per heavy atom. The summed E-state index contributed by atoms with van der Waals surface area (Å²) in [6.45, 7) is 0.0159. The fourth-order valence-corrected chi connectivity index (χ4v) is 8.54. The number of nitrogens with zero attached hydrogens (tertiary/aromatic N) is 2. The molecule has 10 nitrogen and oxygen atoms in total. The zero-order valence-corrected chi connectivity index (χ0v) is 23.4. The molecule has 4 aromatic rings. The molecule has 1 atom stereocenters. The van der Waals surface area contributed by atoms with E-state index in [1.807, 2.05) is 30.3 Å². The van der Waals surface area contributed by atoms with Crippen LogP contribution in [0.1, 0.15) is 17.7 Å². The first-order valence-corrected chi connectivity index (χ1v) is 15.1. The number of benzene rings is 2. The third-order valence-electron chi connectivity index (χ3n) is 6.89. The van der Waals surface area contributed by atoms with E-state index in [1.165, 1.54) is 22.6 Å². The highest BCUT2D eigenvalue weighted by Crippen LogP contribution is 2.45. The van der Waals surface area contributed by atoms with Gasteiger partial charge in [0.05, 0.1) is 18.4 Å². The molecular formula is C27H25ClN4O6S2. The number of carbonyl (C=O) groups excluding carboxylic acids is 2. The summed E-state index contributed by atoms with van der Waals surface area (Å²) in [5.74, 6) is -0.555. The van der Waals surface area contributed by atoms with Crippen molar-refractivity contribution in [3.05, 3.63) is 83.2 Å². The number of rotatable bonds is 6. The molecule has 1 fully saturated rings. The summed E-state index contributed by atoms with van der Waals surface area (Å²) in [5.41, 5.74) is 3.76. The Bertz CT molecular complexity index is 1620. The van der Waals surface area contributed by atoms with Crippen molar-refractivity contribution in [3.8, 4) is 21.8 Å². The van der Waals surface area contributed by atoms with Crippen molar-refractivity contribution in [1.29, 1.82) is 0 Å². The summed E-state index contributed by atoms with van der Waals surface area (Å²) < 4.78 is 31.3. The van der Waals surface area contributed by atoms with Gasteiger partial charge in [0.1, 0.15) is 4.75 Å². The van der Waals surface area contributed by atoms with E-state index in [4.69, 9.17) is 16.0 Å². The minimum atomic E-state index is -3.95. The standard InChI is InChI=1S/C27H25ClN4O6S2/c28-20-2-1-3-21(14-20)30-26(34)32-11-10-27(15-25(33)31-35,40(36,37)13-12-32)24-9-8-23(39-24)19-6-4-18(5-7-19)22-16-29-17-38-22/h1-9,14,16-17,35H,10-13,15H2,(H,30,34)(H,31,33). The number of aromatic nitrogens is 1. The summed E-state index contributed by atoms with van der Waals surface area (Å²) in [7, 11) is -3.95. The number of hydroxylamine groups is 1. The van der Waals surface area contributed by atoms with Crippen molar-refractivity contribution in [1.82, 2.24) is 15.4 Å². The van der Waals surface area contributed by atoms with Crippen LogP contribution in [-0.2, 0) is 19.4 Å². The molecule has 1 unspecified atom stereocenters. The van der Waals surface area contributed by atoms with Gasteiger partial charge in [-0.25, -0.2) is 23.7 Å². The van der Waals surface area contributed by atoms with Crippen LogP contribution >= 0.6 is 22.9 Å². The molecule has 0 bridgehead atoms. The van der Waals surface area contributed by atoms with E-state index in [-0.39, 0.29) is 25.3 Å². The van der Waals surface area contributed by atoms with Crippen molar-refractivity contribution in [2.75, 3.05) is 24.2 Å². The average molecular weight is 601 g/mol. The van der Waals surface area contributed by atoms with E-state index in [2.05, 4.69) is 10.3 Å². The summed E-state index contributed by atoms with van der Waals surface area (Å²) in [6.07, 6.45) is 2.45. The van der Waals surface area contributed by atoms with Crippen LogP contribution in [0, 0.1) is 0 Å². The number of thiophene rings is 1. The van der Waals surface area contributed by atoms with E-state index in [9.17, 15) is 23.2 Å². The van der Waals surface area contributed by atoms with E-state index >= 15 is 0 Å². The molecule has 1 aliphatic heterocycles. The number of sulfone groups is 1. The fraction of sp³-hybridized carbons (Fsp3) is 0.222. The minimum absolute atomic E-state index is 0.0316. The maximum Gasteiger partial charge on any atom is 0.321 e. The Morgan fingerprint density at radius 2 is 1.88 bits per heavy atom. The van der Waals surface area contributed by atoms with Gasteiger partial charge in [-0.3, -0.25) is 10.0 Å². The zero-order chi connectivity index (χ0) is 28.3. The molecule has 3 N–H and O–H groups in total. The lowest BCUT2D eigenvalue weighted by Crippen LogP contribution is -2.41. The number of halogens is 1. The molecule has 3 amide bonds. The van der Waals surface area contributed by atoms with Gasteiger partial charge in [0.25, 0.3) is 0 Å². The maximum absolute atomic E-state index is 13.8. The molecule has 3 heterocycles. The summed E-state index contributed by atoms with van der Waals surface area (Å²) in [6, 6.07) is 17.2. The van der Waals surface area contributed by atoms with Gasteiger partial charge in [0.15, 0.2) is 22.0 Å². The van der Waals surface area contributed by atoms with Crippen LogP contribution in [0.4, 0.5) is 10.5 Å². The highest BCUT2D eigenvalue weighted by molar-refractivity contribution is 7.92. The van der Waals surface area contributed by atoms with Crippen molar-refractivity contribution < 1.29 is 27.6 Å².